The molecule has 11 nitrogen and oxygen atoms in total. The molecule has 4 unspecified atom stereocenters. The molecule has 52 heavy (non-hydrogen) atoms. The first kappa shape index (κ1) is 36.4. The van der Waals surface area contributed by atoms with Gasteiger partial charge in [0, 0.05) is 31.1 Å². The number of hydrogen-bond donors (Lipinski definition) is 8. The van der Waals surface area contributed by atoms with E-state index in [1.807, 2.05) is 37.4 Å². The minimum absolute atomic E-state index is 0.0269. The van der Waals surface area contributed by atoms with Crippen LogP contribution in [0.3, 0.4) is 0 Å². The first-order valence-electron chi connectivity index (χ1n) is 17.6. The maximum absolute atomic E-state index is 14.6. The number of phenolic OH excluding ortho intramolecular Hbond substituents is 4. The van der Waals surface area contributed by atoms with E-state index in [9.17, 15) is 30.3 Å². The second-order valence-corrected chi connectivity index (χ2v) is 13.6. The van der Waals surface area contributed by atoms with Crippen molar-refractivity contribution in [3.63, 3.8) is 0 Å². The molecule has 0 amide bonds. The smallest absolute Gasteiger partial charge is 0.200 e. The van der Waals surface area contributed by atoms with Gasteiger partial charge in [-0.05, 0) is 126 Å². The van der Waals surface area contributed by atoms with Crippen LogP contribution in [0, 0.1) is 5.92 Å². The average molecular weight is 710 g/mol. The number of ether oxygens (including phenoxy) is 2. The van der Waals surface area contributed by atoms with E-state index in [-0.39, 0.29) is 46.9 Å². The van der Waals surface area contributed by atoms with E-state index in [1.165, 1.54) is 20.3 Å². The highest BCUT2D eigenvalue weighted by Gasteiger charge is 2.33. The number of aromatic hydroxyl groups is 4. The normalized spacial score (nSPS) is 19.8. The Labute approximate surface area is 303 Å². The lowest BCUT2D eigenvalue weighted by molar-refractivity contribution is -0.127. The summed E-state index contributed by atoms with van der Waals surface area (Å²) in [5.74, 6) is -0.846. The molecule has 4 atom stereocenters. The Morgan fingerprint density at radius 2 is 1.73 bits per heavy atom. The summed E-state index contributed by atoms with van der Waals surface area (Å²) < 4.78 is 10.7. The Kier molecular flexibility index (Phi) is 11.1. The van der Waals surface area contributed by atoms with Crippen molar-refractivity contribution in [3.8, 4) is 34.5 Å². The zero-order chi connectivity index (χ0) is 36.9. The highest BCUT2D eigenvalue weighted by atomic mass is 16.5. The minimum Gasteiger partial charge on any atom is -0.508 e. The molecule has 4 aromatic rings. The largest absolute Gasteiger partial charge is 0.508 e. The molecule has 0 saturated carbocycles. The van der Waals surface area contributed by atoms with Crippen LogP contribution in [-0.4, -0.2) is 71.8 Å². The SMILES string of the molecule is CNCC1CC(c2cc(O)c(O)c(OC)c2)CC(=O)C(C(O)CCc2ccc(O)c(OC)c2)CC2=CCNC(=C2)Nc2ccc3cc(O)ccc3c21. The summed E-state index contributed by atoms with van der Waals surface area (Å²) in [6.07, 6.45) is 4.61. The Morgan fingerprint density at radius 1 is 0.923 bits per heavy atom. The van der Waals surface area contributed by atoms with Gasteiger partial charge in [-0.15, -0.1) is 0 Å². The third kappa shape index (κ3) is 7.90. The Bertz CT molecular complexity index is 2010. The van der Waals surface area contributed by atoms with Crippen LogP contribution in [-0.2, 0) is 11.2 Å². The number of nitrogens with one attached hydrogen (secondary N) is 3. The number of carbonyl (C=O) groups excluding carboxylic acids is 1. The van der Waals surface area contributed by atoms with Crippen LogP contribution in [0.5, 0.6) is 34.5 Å². The van der Waals surface area contributed by atoms with E-state index in [1.54, 1.807) is 36.4 Å². The fourth-order valence-electron chi connectivity index (χ4n) is 7.59. The summed E-state index contributed by atoms with van der Waals surface area (Å²) in [7, 11) is 4.76. The van der Waals surface area contributed by atoms with Crippen molar-refractivity contribution in [2.75, 3.05) is 39.7 Å². The summed E-state index contributed by atoms with van der Waals surface area (Å²) in [4.78, 5) is 14.6. The van der Waals surface area contributed by atoms with Gasteiger partial charge in [0.05, 0.1) is 20.3 Å². The number of phenols is 4. The van der Waals surface area contributed by atoms with Crippen molar-refractivity contribution in [2.45, 2.75) is 50.0 Å². The third-order valence-electron chi connectivity index (χ3n) is 10.3. The molecule has 6 rings (SSSR count). The number of Topliss-reactive ketones (excluding diaryl/α,β-unsaturated/α-hetero) is 1. The highest BCUT2D eigenvalue weighted by molar-refractivity contribution is 5.92. The number of ketones is 1. The summed E-state index contributed by atoms with van der Waals surface area (Å²) >= 11 is 0. The van der Waals surface area contributed by atoms with Gasteiger partial charge in [0.15, 0.2) is 23.0 Å². The molecule has 2 bridgehead atoms. The second kappa shape index (κ2) is 15.9. The zero-order valence-electron chi connectivity index (χ0n) is 29.6. The van der Waals surface area contributed by atoms with Gasteiger partial charge in [0.1, 0.15) is 17.4 Å². The van der Waals surface area contributed by atoms with Gasteiger partial charge < -0.3 is 51.0 Å². The van der Waals surface area contributed by atoms with Crippen molar-refractivity contribution in [2.24, 2.45) is 5.92 Å². The standard InChI is InChI=1S/C41H47N3O8/c1-42-22-28-17-26(27-20-36(49)41(50)38(21-27)52-3)19-35(48)31(33(46)10-4-23-5-11-34(47)37(15-23)51-2)14-24-12-13-43-39(16-24)44-32-9-6-25-18-29(45)7-8-30(25)40(28)32/h5-9,11-12,15-16,18,20-21,26,28,31,33,42-47,49-50H,4,10,13-14,17,19,22H2,1-3H3. The number of fused-ring (bicyclic) bond motifs is 4. The number of rotatable bonds is 9. The van der Waals surface area contributed by atoms with Gasteiger partial charge >= 0.3 is 0 Å². The van der Waals surface area contributed by atoms with Crippen LogP contribution < -0.4 is 25.4 Å². The molecule has 2 aliphatic rings. The fraction of sp³-hybridized carbons (Fsp3) is 0.341. The van der Waals surface area contributed by atoms with Crippen molar-refractivity contribution in [1.82, 2.24) is 10.6 Å². The number of hydrogen-bond acceptors (Lipinski definition) is 11. The minimum atomic E-state index is -0.983. The number of carbonyl (C=O) groups is 1. The predicted octanol–water partition coefficient (Wildman–Crippen LogP) is 5.91. The van der Waals surface area contributed by atoms with Crippen LogP contribution >= 0.6 is 0 Å². The first-order valence-corrected chi connectivity index (χ1v) is 17.6. The average Bonchev–Trinajstić information content (AvgIpc) is 3.14. The lowest BCUT2D eigenvalue weighted by atomic mass is 9.77. The van der Waals surface area contributed by atoms with Crippen molar-refractivity contribution in [1.29, 1.82) is 0 Å². The van der Waals surface area contributed by atoms with Gasteiger partial charge in [0.25, 0.3) is 0 Å². The van der Waals surface area contributed by atoms with Gasteiger partial charge in [-0.1, -0.05) is 24.3 Å². The fourth-order valence-corrected chi connectivity index (χ4v) is 7.59. The Balaban J connectivity index is 1.45. The van der Waals surface area contributed by atoms with Gasteiger partial charge in [-0.2, -0.15) is 0 Å². The molecule has 274 valence electrons. The van der Waals surface area contributed by atoms with Crippen LogP contribution in [0.15, 0.2) is 84.2 Å². The summed E-state index contributed by atoms with van der Waals surface area (Å²) in [5, 5.41) is 65.7. The summed E-state index contributed by atoms with van der Waals surface area (Å²) in [5.41, 5.74) is 4.25. The number of aliphatic hydroxyl groups excluding tert-OH is 1. The molecule has 11 heteroatoms. The molecule has 2 heterocycles. The van der Waals surface area contributed by atoms with Crippen molar-refractivity contribution >= 4 is 22.2 Å². The first-order chi connectivity index (χ1) is 25.1. The van der Waals surface area contributed by atoms with Gasteiger partial charge in [-0.3, -0.25) is 4.79 Å². The zero-order valence-corrected chi connectivity index (χ0v) is 29.6. The molecule has 4 aromatic carbocycles. The predicted molar refractivity (Wildman–Crippen MR) is 200 cm³/mol. The van der Waals surface area contributed by atoms with Crippen LogP contribution in [0.2, 0.25) is 0 Å². The molecule has 8 N–H and O–H groups in total. The number of allylic oxidation sites excluding steroid dienone is 2. The number of aryl methyl sites for hydroxylation is 1. The summed E-state index contributed by atoms with van der Waals surface area (Å²) in [6.45, 7) is 1.07. The number of dihydropyridines is 1. The van der Waals surface area contributed by atoms with Crippen molar-refractivity contribution in [3.05, 3.63) is 101 Å². The molecular weight excluding hydrogens is 662 g/mol. The Morgan fingerprint density at radius 3 is 2.50 bits per heavy atom. The topological polar surface area (TPSA) is 173 Å². The number of methoxy groups -OCH3 is 2. The lowest BCUT2D eigenvalue weighted by Crippen LogP contribution is -2.31. The van der Waals surface area contributed by atoms with E-state index in [4.69, 9.17) is 9.47 Å². The number of benzene rings is 4. The molecule has 2 aliphatic heterocycles. The number of anilines is 1. The molecule has 0 aromatic heterocycles. The molecule has 0 saturated heterocycles. The summed E-state index contributed by atoms with van der Waals surface area (Å²) in [6, 6.07) is 17.5. The molecular formula is C41H47N3O8. The van der Waals surface area contributed by atoms with E-state index >= 15 is 0 Å². The lowest BCUT2D eigenvalue weighted by Gasteiger charge is -2.29. The van der Waals surface area contributed by atoms with E-state index < -0.39 is 17.9 Å². The van der Waals surface area contributed by atoms with Crippen LogP contribution in [0.4, 0.5) is 5.69 Å². The Hall–Kier alpha value is -5.39. The van der Waals surface area contributed by atoms with Crippen LogP contribution in [0.1, 0.15) is 54.2 Å². The van der Waals surface area contributed by atoms with Gasteiger partial charge in [0.2, 0.25) is 5.75 Å². The third-order valence-corrected chi connectivity index (χ3v) is 10.3. The quantitative estimate of drug-likeness (QED) is 0.0971. The maximum atomic E-state index is 14.6. The second-order valence-electron chi connectivity index (χ2n) is 13.6. The molecule has 0 spiro atoms. The number of likely N-dealkylation sites (N-methyl/N-ethyl adjacent to an activating group) is 1. The van der Waals surface area contributed by atoms with Crippen molar-refractivity contribution < 1.29 is 39.8 Å². The van der Waals surface area contributed by atoms with Gasteiger partial charge in [-0.25, -0.2) is 0 Å². The molecule has 0 radical (unpaired) electrons. The molecule has 0 fully saturated rings. The van der Waals surface area contributed by atoms with E-state index in [0.29, 0.717) is 50.1 Å². The molecule has 0 aliphatic carbocycles. The maximum Gasteiger partial charge on any atom is 0.200 e. The van der Waals surface area contributed by atoms with E-state index in [2.05, 4.69) is 16.0 Å². The monoisotopic (exact) mass is 709 g/mol. The van der Waals surface area contributed by atoms with Crippen LogP contribution in [0.25, 0.3) is 10.8 Å². The number of aliphatic hydroxyl groups is 1. The van der Waals surface area contributed by atoms with E-state index in [0.717, 1.165) is 39.0 Å². The highest BCUT2D eigenvalue weighted by Crippen LogP contribution is 2.45.